The van der Waals surface area contributed by atoms with E-state index in [-0.39, 0.29) is 17.0 Å². The minimum absolute atomic E-state index is 0.0606. The third kappa shape index (κ3) is 3.53. The van der Waals surface area contributed by atoms with Crippen molar-refractivity contribution in [1.29, 1.82) is 0 Å². The molecule has 0 radical (unpaired) electrons. The molecule has 3 rings (SSSR count). The predicted octanol–water partition coefficient (Wildman–Crippen LogP) is 3.41. The Morgan fingerprint density at radius 2 is 1.96 bits per heavy atom. The van der Waals surface area contributed by atoms with Crippen molar-refractivity contribution >= 4 is 23.4 Å². The van der Waals surface area contributed by atoms with Gasteiger partial charge in [0.1, 0.15) is 5.37 Å². The number of hydrogen-bond donors (Lipinski definition) is 0. The third-order valence-corrected chi connectivity index (χ3v) is 5.07. The van der Waals surface area contributed by atoms with Crippen molar-refractivity contribution in [2.24, 2.45) is 0 Å². The maximum absolute atomic E-state index is 12.2. The lowest BCUT2D eigenvalue weighted by atomic mass is 10.1. The van der Waals surface area contributed by atoms with Crippen LogP contribution in [0.5, 0.6) is 0 Å². The average Bonchev–Trinajstić information content (AvgIpc) is 2.95. The van der Waals surface area contributed by atoms with E-state index in [0.29, 0.717) is 12.3 Å². The maximum atomic E-state index is 12.2. The van der Waals surface area contributed by atoms with Gasteiger partial charge in [0.2, 0.25) is 5.91 Å². The van der Waals surface area contributed by atoms with Gasteiger partial charge in [-0.1, -0.05) is 42.5 Å². The summed E-state index contributed by atoms with van der Waals surface area (Å²) in [5.74, 6) is 0.504. The van der Waals surface area contributed by atoms with Gasteiger partial charge in [-0.3, -0.25) is 14.9 Å². The van der Waals surface area contributed by atoms with Crippen molar-refractivity contribution in [2.75, 3.05) is 12.3 Å². The number of nitro benzene ring substituents is 1. The van der Waals surface area contributed by atoms with Crippen LogP contribution in [-0.4, -0.2) is 28.0 Å². The van der Waals surface area contributed by atoms with E-state index in [1.165, 1.54) is 23.4 Å². The predicted molar refractivity (Wildman–Crippen MR) is 90.2 cm³/mol. The lowest BCUT2D eigenvalue weighted by Crippen LogP contribution is -2.30. The molecule has 1 aliphatic rings. The molecule has 0 spiro atoms. The highest BCUT2D eigenvalue weighted by molar-refractivity contribution is 8.00. The zero-order valence-electron chi connectivity index (χ0n) is 12.4. The zero-order chi connectivity index (χ0) is 16.2. The quantitative estimate of drug-likeness (QED) is 0.623. The normalized spacial score (nSPS) is 17.5. The van der Waals surface area contributed by atoms with E-state index in [2.05, 4.69) is 0 Å². The number of rotatable bonds is 5. The summed E-state index contributed by atoms with van der Waals surface area (Å²) in [6, 6.07) is 16.6. The van der Waals surface area contributed by atoms with Crippen LogP contribution < -0.4 is 0 Å². The minimum atomic E-state index is -0.404. The van der Waals surface area contributed by atoms with Crippen LogP contribution in [0.3, 0.4) is 0 Å². The van der Waals surface area contributed by atoms with E-state index in [0.717, 1.165) is 12.0 Å². The van der Waals surface area contributed by atoms with Crippen LogP contribution in [0.4, 0.5) is 5.69 Å². The fraction of sp³-hybridized carbons (Fsp3) is 0.235. The lowest BCUT2D eigenvalue weighted by Gasteiger charge is -2.24. The van der Waals surface area contributed by atoms with E-state index in [1.807, 2.05) is 41.3 Å². The fourth-order valence-electron chi connectivity index (χ4n) is 2.66. The summed E-state index contributed by atoms with van der Waals surface area (Å²) in [6.45, 7) is 0.614. The van der Waals surface area contributed by atoms with Gasteiger partial charge in [-0.25, -0.2) is 0 Å². The Morgan fingerprint density at radius 1 is 1.17 bits per heavy atom. The lowest BCUT2D eigenvalue weighted by molar-refractivity contribution is -0.384. The molecule has 2 aromatic carbocycles. The molecule has 0 N–H and O–H groups in total. The Labute approximate surface area is 138 Å². The molecule has 5 nitrogen and oxygen atoms in total. The monoisotopic (exact) mass is 328 g/mol. The van der Waals surface area contributed by atoms with Gasteiger partial charge in [-0.15, -0.1) is 11.8 Å². The summed E-state index contributed by atoms with van der Waals surface area (Å²) in [6.07, 6.45) is 0.776. The molecule has 0 aromatic heterocycles. The molecule has 1 saturated heterocycles. The van der Waals surface area contributed by atoms with E-state index >= 15 is 0 Å². The van der Waals surface area contributed by atoms with Crippen LogP contribution in [0.15, 0.2) is 54.6 Å². The number of amides is 1. The number of benzene rings is 2. The van der Waals surface area contributed by atoms with Gasteiger partial charge in [-0.2, -0.15) is 0 Å². The molecule has 0 bridgehead atoms. The Kier molecular flexibility index (Phi) is 4.62. The van der Waals surface area contributed by atoms with Gasteiger partial charge in [0, 0.05) is 18.7 Å². The van der Waals surface area contributed by atoms with Crippen LogP contribution in [0.2, 0.25) is 0 Å². The Hall–Kier alpha value is -2.34. The van der Waals surface area contributed by atoms with Gasteiger partial charge >= 0.3 is 0 Å². The molecule has 0 unspecified atom stereocenters. The summed E-state index contributed by atoms with van der Waals surface area (Å²) in [5.41, 5.74) is 2.04. The molecular weight excluding hydrogens is 312 g/mol. The van der Waals surface area contributed by atoms with Gasteiger partial charge in [0.15, 0.2) is 0 Å². The minimum Gasteiger partial charge on any atom is -0.325 e. The second-order valence-corrected chi connectivity index (χ2v) is 6.41. The van der Waals surface area contributed by atoms with Gasteiger partial charge in [0.05, 0.1) is 10.7 Å². The molecule has 118 valence electrons. The molecule has 0 saturated carbocycles. The molecule has 23 heavy (non-hydrogen) atoms. The van der Waals surface area contributed by atoms with Crippen LogP contribution in [0, 0.1) is 10.1 Å². The second kappa shape index (κ2) is 6.83. The van der Waals surface area contributed by atoms with Crippen molar-refractivity contribution in [3.63, 3.8) is 0 Å². The largest absolute Gasteiger partial charge is 0.325 e. The molecule has 6 heteroatoms. The summed E-state index contributed by atoms with van der Waals surface area (Å²) in [7, 11) is 0. The first-order chi connectivity index (χ1) is 11.1. The van der Waals surface area contributed by atoms with Crippen molar-refractivity contribution in [3.8, 4) is 0 Å². The molecular formula is C17H16N2O3S. The van der Waals surface area contributed by atoms with E-state index < -0.39 is 4.92 Å². The van der Waals surface area contributed by atoms with Crippen molar-refractivity contribution < 1.29 is 9.72 Å². The molecule has 1 aliphatic heterocycles. The average molecular weight is 328 g/mol. The number of nitro groups is 1. The summed E-state index contributed by atoms with van der Waals surface area (Å²) < 4.78 is 0. The summed E-state index contributed by atoms with van der Waals surface area (Å²) in [4.78, 5) is 24.5. The molecule has 2 aromatic rings. The molecule has 1 amide bonds. The van der Waals surface area contributed by atoms with Crippen LogP contribution in [-0.2, 0) is 11.2 Å². The van der Waals surface area contributed by atoms with Crippen LogP contribution in [0.25, 0.3) is 0 Å². The van der Waals surface area contributed by atoms with E-state index in [4.69, 9.17) is 0 Å². The Bertz CT molecular complexity index is 721. The van der Waals surface area contributed by atoms with Crippen LogP contribution >= 0.6 is 11.8 Å². The molecule has 1 atom stereocenters. The number of hydrogen-bond acceptors (Lipinski definition) is 4. The first-order valence-corrected chi connectivity index (χ1v) is 8.39. The highest BCUT2D eigenvalue weighted by atomic mass is 32.2. The van der Waals surface area contributed by atoms with Crippen molar-refractivity contribution in [2.45, 2.75) is 11.8 Å². The van der Waals surface area contributed by atoms with Crippen molar-refractivity contribution in [1.82, 2.24) is 4.90 Å². The standard InChI is InChI=1S/C17H16N2O3S/c20-16-12-23-17(14-7-4-8-15(11-14)19(21)22)18(16)10-9-13-5-2-1-3-6-13/h1-8,11,17H,9-10,12H2/t17-/m1/s1. The third-order valence-electron chi connectivity index (χ3n) is 3.82. The number of carbonyl (C=O) groups is 1. The number of carbonyl (C=O) groups excluding carboxylic acids is 1. The molecule has 0 aliphatic carbocycles. The van der Waals surface area contributed by atoms with E-state index in [1.54, 1.807) is 12.1 Å². The highest BCUT2D eigenvalue weighted by Crippen LogP contribution is 2.39. The summed E-state index contributed by atoms with van der Waals surface area (Å²) >= 11 is 1.52. The van der Waals surface area contributed by atoms with E-state index in [9.17, 15) is 14.9 Å². The van der Waals surface area contributed by atoms with Gasteiger partial charge in [-0.05, 0) is 17.5 Å². The van der Waals surface area contributed by atoms with Crippen molar-refractivity contribution in [3.05, 3.63) is 75.8 Å². The maximum Gasteiger partial charge on any atom is 0.269 e. The smallest absolute Gasteiger partial charge is 0.269 e. The Balaban J connectivity index is 1.77. The summed E-state index contributed by atoms with van der Waals surface area (Å²) in [5, 5.41) is 10.8. The number of thioether (sulfide) groups is 1. The first-order valence-electron chi connectivity index (χ1n) is 7.34. The number of non-ortho nitro benzene ring substituents is 1. The topological polar surface area (TPSA) is 63.4 Å². The Morgan fingerprint density at radius 3 is 2.70 bits per heavy atom. The van der Waals surface area contributed by atoms with Gasteiger partial charge < -0.3 is 4.90 Å². The molecule has 1 fully saturated rings. The number of nitrogens with zero attached hydrogens (tertiary/aromatic N) is 2. The molecule has 1 heterocycles. The van der Waals surface area contributed by atoms with Crippen LogP contribution in [0.1, 0.15) is 16.5 Å². The fourth-order valence-corrected chi connectivity index (χ4v) is 3.87. The SMILES string of the molecule is O=C1CS[C@H](c2cccc([N+](=O)[O-])c2)N1CCc1ccccc1. The highest BCUT2D eigenvalue weighted by Gasteiger charge is 2.33. The second-order valence-electron chi connectivity index (χ2n) is 5.34. The first kappa shape index (κ1) is 15.6. The van der Waals surface area contributed by atoms with Gasteiger partial charge in [0.25, 0.3) is 5.69 Å². The zero-order valence-corrected chi connectivity index (χ0v) is 13.2.